The Morgan fingerprint density at radius 2 is 1.22 bits per heavy atom. The summed E-state index contributed by atoms with van der Waals surface area (Å²) in [6.45, 7) is 3.91. The molecule has 0 bridgehead atoms. The highest BCUT2D eigenvalue weighted by molar-refractivity contribution is 7.51. The molecule has 0 fully saturated rings. The van der Waals surface area contributed by atoms with Crippen LogP contribution >= 0.6 is 7.60 Å². The summed E-state index contributed by atoms with van der Waals surface area (Å²) < 4.78 is 15.7. The first-order chi connectivity index (χ1) is 8.56. The van der Waals surface area contributed by atoms with E-state index in [9.17, 15) is 4.57 Å². The molecule has 0 heterocycles. The molecule has 0 aromatic heterocycles. The van der Waals surface area contributed by atoms with Crippen molar-refractivity contribution in [2.45, 2.75) is 77.6 Å². The monoisotopic (exact) mass is 278 g/mol. The third-order valence-corrected chi connectivity index (χ3v) is 3.74. The molecule has 1 atom stereocenters. The van der Waals surface area contributed by atoms with Crippen LogP contribution in [0.1, 0.15) is 77.6 Å². The molecular weight excluding hydrogens is 247 g/mol. The SMILES string of the molecule is CCCCCCCCCCCCCOP(C)(=O)O. The van der Waals surface area contributed by atoms with E-state index in [1.165, 1.54) is 64.5 Å². The van der Waals surface area contributed by atoms with Crippen molar-refractivity contribution >= 4 is 7.60 Å². The quantitative estimate of drug-likeness (QED) is 0.375. The minimum Gasteiger partial charge on any atom is -0.324 e. The normalized spacial score (nSPS) is 14.6. The highest BCUT2D eigenvalue weighted by Gasteiger charge is 2.08. The van der Waals surface area contributed by atoms with Gasteiger partial charge >= 0.3 is 7.60 Å². The van der Waals surface area contributed by atoms with Crippen molar-refractivity contribution in [1.82, 2.24) is 0 Å². The lowest BCUT2D eigenvalue weighted by molar-refractivity contribution is 0.257. The Labute approximate surface area is 113 Å². The van der Waals surface area contributed by atoms with Crippen molar-refractivity contribution in [3.8, 4) is 0 Å². The summed E-state index contributed by atoms with van der Waals surface area (Å²) in [7, 11) is -3.25. The zero-order chi connectivity index (χ0) is 13.7. The fourth-order valence-corrected chi connectivity index (χ4v) is 2.47. The van der Waals surface area contributed by atoms with Crippen LogP contribution in [-0.2, 0) is 9.09 Å². The standard InChI is InChI=1S/C14H31O3P/c1-3-4-5-6-7-8-9-10-11-12-13-14-17-18(2,15)16/h3-14H2,1-2H3,(H,15,16). The molecule has 4 heteroatoms. The van der Waals surface area contributed by atoms with E-state index >= 15 is 0 Å². The summed E-state index contributed by atoms with van der Waals surface area (Å²) in [6.07, 6.45) is 14.1. The van der Waals surface area contributed by atoms with Gasteiger partial charge in [-0.2, -0.15) is 0 Å². The van der Waals surface area contributed by atoms with Crippen LogP contribution in [0.2, 0.25) is 0 Å². The van der Waals surface area contributed by atoms with E-state index in [-0.39, 0.29) is 0 Å². The first kappa shape index (κ1) is 18.1. The Balaban J connectivity index is 3.01. The molecule has 0 amide bonds. The van der Waals surface area contributed by atoms with Crippen molar-refractivity contribution in [3.05, 3.63) is 0 Å². The highest BCUT2D eigenvalue weighted by Crippen LogP contribution is 2.36. The summed E-state index contributed by atoms with van der Waals surface area (Å²) in [5.74, 6) is 0. The van der Waals surface area contributed by atoms with E-state index in [4.69, 9.17) is 9.42 Å². The third-order valence-electron chi connectivity index (χ3n) is 3.08. The second kappa shape index (κ2) is 12.2. The van der Waals surface area contributed by atoms with E-state index in [2.05, 4.69) is 6.92 Å². The van der Waals surface area contributed by atoms with Crippen LogP contribution in [0.3, 0.4) is 0 Å². The maximum atomic E-state index is 10.8. The minimum absolute atomic E-state index is 0.418. The molecule has 0 aromatic rings. The van der Waals surface area contributed by atoms with Gasteiger partial charge < -0.3 is 9.42 Å². The largest absolute Gasteiger partial charge is 0.325 e. The van der Waals surface area contributed by atoms with E-state index in [1.807, 2.05) is 0 Å². The first-order valence-electron chi connectivity index (χ1n) is 7.51. The average Bonchev–Trinajstić information content (AvgIpc) is 2.29. The molecule has 1 unspecified atom stereocenters. The van der Waals surface area contributed by atoms with Crippen LogP contribution in [-0.4, -0.2) is 18.2 Å². The molecule has 0 aromatic carbocycles. The van der Waals surface area contributed by atoms with E-state index in [1.54, 1.807) is 0 Å². The number of unbranched alkanes of at least 4 members (excludes halogenated alkanes) is 10. The molecular formula is C14H31O3P. The van der Waals surface area contributed by atoms with Crippen LogP contribution < -0.4 is 0 Å². The van der Waals surface area contributed by atoms with E-state index in [0.29, 0.717) is 6.61 Å². The first-order valence-corrected chi connectivity index (χ1v) is 9.53. The van der Waals surface area contributed by atoms with Gasteiger partial charge in [-0.15, -0.1) is 0 Å². The summed E-state index contributed by atoms with van der Waals surface area (Å²) in [4.78, 5) is 8.91. The van der Waals surface area contributed by atoms with Gasteiger partial charge in [-0.25, -0.2) is 0 Å². The summed E-state index contributed by atoms with van der Waals surface area (Å²) in [5, 5.41) is 0. The van der Waals surface area contributed by atoms with Gasteiger partial charge in [0.2, 0.25) is 0 Å². The Morgan fingerprint density at radius 1 is 0.833 bits per heavy atom. The van der Waals surface area contributed by atoms with Crippen molar-refractivity contribution in [1.29, 1.82) is 0 Å². The van der Waals surface area contributed by atoms with Gasteiger partial charge in [0, 0.05) is 6.66 Å². The predicted molar refractivity (Wildman–Crippen MR) is 78.2 cm³/mol. The summed E-state index contributed by atoms with van der Waals surface area (Å²) in [5.41, 5.74) is 0. The lowest BCUT2D eigenvalue weighted by atomic mass is 10.1. The van der Waals surface area contributed by atoms with Crippen LogP contribution in [0.5, 0.6) is 0 Å². The van der Waals surface area contributed by atoms with Gasteiger partial charge in [0.25, 0.3) is 0 Å². The van der Waals surface area contributed by atoms with E-state index < -0.39 is 7.60 Å². The summed E-state index contributed by atoms with van der Waals surface area (Å²) >= 11 is 0. The molecule has 3 nitrogen and oxygen atoms in total. The number of hydrogen-bond acceptors (Lipinski definition) is 2. The molecule has 110 valence electrons. The van der Waals surface area contributed by atoms with Gasteiger partial charge in [-0.1, -0.05) is 71.1 Å². The second-order valence-electron chi connectivity index (χ2n) is 5.17. The van der Waals surface area contributed by atoms with Crippen LogP contribution in [0.4, 0.5) is 0 Å². The summed E-state index contributed by atoms with van der Waals surface area (Å²) in [6, 6.07) is 0. The average molecular weight is 278 g/mol. The molecule has 0 aliphatic carbocycles. The van der Waals surface area contributed by atoms with E-state index in [0.717, 1.165) is 12.8 Å². The molecule has 0 rings (SSSR count). The fraction of sp³-hybridized carbons (Fsp3) is 1.00. The second-order valence-corrected chi connectivity index (χ2v) is 7.04. The van der Waals surface area contributed by atoms with Crippen LogP contribution in [0, 0.1) is 0 Å². The van der Waals surface area contributed by atoms with Crippen LogP contribution in [0.15, 0.2) is 0 Å². The Kier molecular flexibility index (Phi) is 12.3. The van der Waals surface area contributed by atoms with Crippen LogP contribution in [0.25, 0.3) is 0 Å². The van der Waals surface area contributed by atoms with Gasteiger partial charge in [0.05, 0.1) is 6.61 Å². The molecule has 0 aliphatic heterocycles. The van der Waals surface area contributed by atoms with Crippen molar-refractivity contribution in [2.75, 3.05) is 13.3 Å². The fourth-order valence-electron chi connectivity index (χ4n) is 2.00. The third kappa shape index (κ3) is 16.1. The van der Waals surface area contributed by atoms with Crippen molar-refractivity contribution in [3.63, 3.8) is 0 Å². The molecule has 0 aliphatic rings. The molecule has 0 saturated carbocycles. The number of hydrogen-bond donors (Lipinski definition) is 1. The highest BCUT2D eigenvalue weighted by atomic mass is 31.2. The molecule has 18 heavy (non-hydrogen) atoms. The predicted octanol–water partition coefficient (Wildman–Crippen LogP) is 5.13. The van der Waals surface area contributed by atoms with Gasteiger partial charge in [0.1, 0.15) is 0 Å². The zero-order valence-electron chi connectivity index (χ0n) is 12.2. The minimum atomic E-state index is -3.25. The molecule has 0 radical (unpaired) electrons. The van der Waals surface area contributed by atoms with Gasteiger partial charge in [-0.05, 0) is 6.42 Å². The van der Waals surface area contributed by atoms with Crippen molar-refractivity contribution in [2.24, 2.45) is 0 Å². The lowest BCUT2D eigenvalue weighted by Gasteiger charge is -2.06. The number of rotatable bonds is 13. The van der Waals surface area contributed by atoms with Gasteiger partial charge in [-0.3, -0.25) is 4.57 Å². The van der Waals surface area contributed by atoms with Crippen molar-refractivity contribution < 1.29 is 14.0 Å². The molecule has 0 spiro atoms. The topological polar surface area (TPSA) is 46.5 Å². The Bertz CT molecular complexity index is 213. The maximum absolute atomic E-state index is 10.8. The Hall–Kier alpha value is 0.150. The zero-order valence-corrected chi connectivity index (χ0v) is 13.1. The van der Waals surface area contributed by atoms with Gasteiger partial charge in [0.15, 0.2) is 0 Å². The Morgan fingerprint density at radius 3 is 1.61 bits per heavy atom. The smallest absolute Gasteiger partial charge is 0.324 e. The molecule has 0 saturated heterocycles. The lowest BCUT2D eigenvalue weighted by Crippen LogP contribution is -1.91. The molecule has 1 N–H and O–H groups in total. The maximum Gasteiger partial charge on any atom is 0.325 e.